The van der Waals surface area contributed by atoms with Gasteiger partial charge in [0.2, 0.25) is 0 Å². The largest absolute Gasteiger partial charge is 0.394 e. The molecule has 3 N–H and O–H groups in total. The van der Waals surface area contributed by atoms with Gasteiger partial charge in [-0.15, -0.1) is 0 Å². The molecule has 0 aliphatic carbocycles. The summed E-state index contributed by atoms with van der Waals surface area (Å²) in [6.07, 6.45) is 0.647. The first-order valence-corrected chi connectivity index (χ1v) is 6.27. The third-order valence-electron chi connectivity index (χ3n) is 2.95. The number of aryl methyl sites for hydroxylation is 1. The van der Waals surface area contributed by atoms with Gasteiger partial charge in [-0.25, -0.2) is 9.97 Å². The van der Waals surface area contributed by atoms with E-state index in [0.717, 1.165) is 24.6 Å². The van der Waals surface area contributed by atoms with E-state index in [2.05, 4.69) is 14.9 Å². The second-order valence-electron chi connectivity index (χ2n) is 4.58. The van der Waals surface area contributed by atoms with Gasteiger partial charge in [-0.05, 0) is 6.92 Å². The Morgan fingerprint density at radius 2 is 2.28 bits per heavy atom. The number of nitrogens with zero attached hydrogens (tertiary/aromatic N) is 3. The number of hydrogen-bond donors (Lipinski definition) is 2. The van der Waals surface area contributed by atoms with Gasteiger partial charge in [0.15, 0.2) is 0 Å². The van der Waals surface area contributed by atoms with E-state index >= 15 is 0 Å². The third-order valence-corrected chi connectivity index (χ3v) is 2.95. The van der Waals surface area contributed by atoms with Gasteiger partial charge in [0, 0.05) is 25.6 Å². The summed E-state index contributed by atoms with van der Waals surface area (Å²) < 4.78 is 5.61. The molecule has 0 spiro atoms. The quantitative estimate of drug-likeness (QED) is 0.800. The molecule has 0 amide bonds. The summed E-state index contributed by atoms with van der Waals surface area (Å²) in [5.41, 5.74) is 5.79. The van der Waals surface area contributed by atoms with Gasteiger partial charge in [-0.3, -0.25) is 0 Å². The summed E-state index contributed by atoms with van der Waals surface area (Å²) in [5.74, 6) is 2.04. The van der Waals surface area contributed by atoms with Crippen LogP contribution in [0.2, 0.25) is 0 Å². The van der Waals surface area contributed by atoms with Crippen molar-refractivity contribution in [2.45, 2.75) is 32.5 Å². The Morgan fingerprint density at radius 3 is 2.94 bits per heavy atom. The van der Waals surface area contributed by atoms with Crippen LogP contribution >= 0.6 is 0 Å². The molecule has 1 saturated heterocycles. The first-order chi connectivity index (χ1) is 8.62. The summed E-state index contributed by atoms with van der Waals surface area (Å²) in [5, 5.41) is 9.22. The molecule has 0 bridgehead atoms. The highest BCUT2D eigenvalue weighted by Crippen LogP contribution is 2.20. The molecular formula is C12H20N4O2. The van der Waals surface area contributed by atoms with Crippen molar-refractivity contribution in [3.05, 3.63) is 11.9 Å². The Kier molecular flexibility index (Phi) is 3.98. The number of aliphatic hydroxyl groups excluding tert-OH is 1. The van der Waals surface area contributed by atoms with Gasteiger partial charge in [-0.2, -0.15) is 0 Å². The molecule has 1 aliphatic heterocycles. The Labute approximate surface area is 107 Å². The number of anilines is 2. The zero-order valence-electron chi connectivity index (χ0n) is 10.8. The fraction of sp³-hybridized carbons (Fsp3) is 0.667. The van der Waals surface area contributed by atoms with E-state index in [0.29, 0.717) is 12.4 Å². The minimum atomic E-state index is -0.171. The van der Waals surface area contributed by atoms with Crippen LogP contribution < -0.4 is 10.6 Å². The topological polar surface area (TPSA) is 84.5 Å². The van der Waals surface area contributed by atoms with Gasteiger partial charge >= 0.3 is 0 Å². The van der Waals surface area contributed by atoms with E-state index in [-0.39, 0.29) is 18.8 Å². The number of ether oxygens (including phenoxy) is 1. The lowest BCUT2D eigenvalue weighted by Gasteiger charge is -2.36. The molecule has 1 aromatic heterocycles. The normalized spacial score (nSPS) is 24.3. The van der Waals surface area contributed by atoms with Crippen LogP contribution in [0.25, 0.3) is 0 Å². The minimum Gasteiger partial charge on any atom is -0.394 e. The Hall–Kier alpha value is -1.40. The van der Waals surface area contributed by atoms with Crippen molar-refractivity contribution in [1.29, 1.82) is 0 Å². The molecule has 6 heteroatoms. The van der Waals surface area contributed by atoms with E-state index in [1.807, 2.05) is 13.8 Å². The average molecular weight is 252 g/mol. The lowest BCUT2D eigenvalue weighted by Crippen LogP contribution is -2.48. The molecule has 2 atom stereocenters. The van der Waals surface area contributed by atoms with Crippen LogP contribution in [0.1, 0.15) is 19.7 Å². The maximum Gasteiger partial charge on any atom is 0.134 e. The second kappa shape index (κ2) is 5.49. The predicted molar refractivity (Wildman–Crippen MR) is 69.5 cm³/mol. The molecule has 0 radical (unpaired) electrons. The van der Waals surface area contributed by atoms with E-state index in [9.17, 15) is 5.11 Å². The predicted octanol–water partition coefficient (Wildman–Crippen LogP) is 0.207. The zero-order chi connectivity index (χ0) is 13.1. The van der Waals surface area contributed by atoms with E-state index in [1.165, 1.54) is 0 Å². The van der Waals surface area contributed by atoms with Crippen molar-refractivity contribution < 1.29 is 9.84 Å². The molecule has 0 saturated carbocycles. The molecule has 6 nitrogen and oxygen atoms in total. The fourth-order valence-electron chi connectivity index (χ4n) is 2.16. The van der Waals surface area contributed by atoms with E-state index < -0.39 is 0 Å². The summed E-state index contributed by atoms with van der Waals surface area (Å²) in [4.78, 5) is 10.7. The lowest BCUT2D eigenvalue weighted by molar-refractivity contribution is -0.0423. The highest BCUT2D eigenvalue weighted by atomic mass is 16.5. The number of hydrogen-bond acceptors (Lipinski definition) is 6. The SMILES string of the molecule is CCc1nc(N)cc(N2CC(C)OC(CO)C2)n1. The van der Waals surface area contributed by atoms with Crippen molar-refractivity contribution in [3.63, 3.8) is 0 Å². The molecule has 1 aliphatic rings. The smallest absolute Gasteiger partial charge is 0.134 e. The minimum absolute atomic E-state index is 0.0159. The summed E-state index contributed by atoms with van der Waals surface area (Å²) in [6.45, 7) is 5.37. The van der Waals surface area contributed by atoms with Crippen LogP contribution in [0.4, 0.5) is 11.6 Å². The maximum absolute atomic E-state index is 9.22. The Balaban J connectivity index is 2.21. The number of morpholine rings is 1. The second-order valence-corrected chi connectivity index (χ2v) is 4.58. The average Bonchev–Trinajstić information content (AvgIpc) is 2.37. The van der Waals surface area contributed by atoms with Gasteiger partial charge in [-0.1, -0.05) is 6.92 Å². The molecular weight excluding hydrogens is 232 g/mol. The molecule has 0 aromatic carbocycles. The summed E-state index contributed by atoms with van der Waals surface area (Å²) in [6, 6.07) is 1.77. The third kappa shape index (κ3) is 2.88. The van der Waals surface area contributed by atoms with Gasteiger partial charge in [0.1, 0.15) is 17.5 Å². The highest BCUT2D eigenvalue weighted by molar-refractivity contribution is 5.47. The molecule has 2 unspecified atom stereocenters. The van der Waals surface area contributed by atoms with Crippen LogP contribution in [0, 0.1) is 0 Å². The molecule has 100 valence electrons. The number of nitrogens with two attached hydrogens (primary N) is 1. The zero-order valence-corrected chi connectivity index (χ0v) is 10.8. The van der Waals surface area contributed by atoms with Crippen LogP contribution in [0.15, 0.2) is 6.07 Å². The standard InChI is InChI=1S/C12H20N4O2/c1-3-11-14-10(13)4-12(15-11)16-5-8(2)18-9(6-16)7-17/h4,8-9,17H,3,5-7H2,1-2H3,(H2,13,14,15). The van der Waals surface area contributed by atoms with Crippen molar-refractivity contribution in [2.75, 3.05) is 30.3 Å². The highest BCUT2D eigenvalue weighted by Gasteiger charge is 2.26. The lowest BCUT2D eigenvalue weighted by atomic mass is 10.2. The molecule has 1 fully saturated rings. The summed E-state index contributed by atoms with van der Waals surface area (Å²) >= 11 is 0. The van der Waals surface area contributed by atoms with E-state index in [4.69, 9.17) is 10.5 Å². The van der Waals surface area contributed by atoms with Crippen molar-refractivity contribution in [3.8, 4) is 0 Å². The van der Waals surface area contributed by atoms with Gasteiger partial charge in [0.25, 0.3) is 0 Å². The van der Waals surface area contributed by atoms with Crippen molar-refractivity contribution >= 4 is 11.6 Å². The van der Waals surface area contributed by atoms with Crippen molar-refractivity contribution in [1.82, 2.24) is 9.97 Å². The first kappa shape index (κ1) is 13.0. The maximum atomic E-state index is 9.22. The summed E-state index contributed by atoms with van der Waals surface area (Å²) in [7, 11) is 0. The monoisotopic (exact) mass is 252 g/mol. The fourth-order valence-corrected chi connectivity index (χ4v) is 2.16. The Bertz CT molecular complexity index is 413. The number of rotatable bonds is 3. The molecule has 2 heterocycles. The van der Waals surface area contributed by atoms with Crippen LogP contribution in [0.5, 0.6) is 0 Å². The van der Waals surface area contributed by atoms with Gasteiger partial charge in [0.05, 0.1) is 18.8 Å². The first-order valence-electron chi connectivity index (χ1n) is 6.27. The van der Waals surface area contributed by atoms with Crippen LogP contribution in [-0.2, 0) is 11.2 Å². The molecule has 18 heavy (non-hydrogen) atoms. The van der Waals surface area contributed by atoms with Crippen molar-refractivity contribution in [2.24, 2.45) is 0 Å². The van der Waals surface area contributed by atoms with Crippen LogP contribution in [-0.4, -0.2) is 47.0 Å². The number of aromatic nitrogens is 2. The molecule has 1 aromatic rings. The van der Waals surface area contributed by atoms with E-state index in [1.54, 1.807) is 6.07 Å². The Morgan fingerprint density at radius 1 is 1.50 bits per heavy atom. The molecule has 2 rings (SSSR count). The number of aliphatic hydroxyl groups is 1. The van der Waals surface area contributed by atoms with Gasteiger partial charge < -0.3 is 20.5 Å². The number of nitrogen functional groups attached to an aromatic ring is 1. The van der Waals surface area contributed by atoms with Crippen LogP contribution in [0.3, 0.4) is 0 Å².